The number of carbonyl (C=O) groups is 2. The minimum atomic E-state index is -0.468. The summed E-state index contributed by atoms with van der Waals surface area (Å²) in [6.45, 7) is 6.58. The van der Waals surface area contributed by atoms with E-state index < -0.39 is 4.92 Å². The van der Waals surface area contributed by atoms with Crippen molar-refractivity contribution in [1.29, 1.82) is 0 Å². The predicted molar refractivity (Wildman–Crippen MR) is 135 cm³/mol. The molecule has 0 radical (unpaired) electrons. The lowest BCUT2D eigenvalue weighted by Crippen LogP contribution is -2.50. The molecule has 2 aromatic carbocycles. The van der Waals surface area contributed by atoms with E-state index in [1.54, 1.807) is 11.0 Å². The van der Waals surface area contributed by atoms with Crippen molar-refractivity contribution < 1.29 is 14.5 Å². The molecular weight excluding hydrogens is 476 g/mol. The highest BCUT2D eigenvalue weighted by molar-refractivity contribution is 7.21. The summed E-state index contributed by atoms with van der Waals surface area (Å²) in [5.41, 5.74) is 1.95. The number of halogens is 1. The Morgan fingerprint density at radius 2 is 1.79 bits per heavy atom. The van der Waals surface area contributed by atoms with Crippen LogP contribution in [0.5, 0.6) is 0 Å². The van der Waals surface area contributed by atoms with Gasteiger partial charge in [-0.05, 0) is 29.7 Å². The number of carbonyl (C=O) groups excluding carboxylic acids is 2. The molecule has 4 rings (SSSR count). The molecule has 1 fully saturated rings. The molecule has 34 heavy (non-hydrogen) atoms. The van der Waals surface area contributed by atoms with Crippen LogP contribution in [0.1, 0.15) is 35.0 Å². The van der Waals surface area contributed by atoms with Crippen molar-refractivity contribution >= 4 is 56.2 Å². The quantitative estimate of drug-likeness (QED) is 0.380. The SMILES string of the molecule is CC(C)c1ccc(NC(=O)CN2CCN(C(=O)c3sc4cc([N+](=O)[O-])ccc4c3Cl)CC2)cc1. The molecule has 1 saturated heterocycles. The Labute approximate surface area is 206 Å². The van der Waals surface area contributed by atoms with Crippen LogP contribution in [0.15, 0.2) is 42.5 Å². The zero-order chi connectivity index (χ0) is 24.4. The lowest BCUT2D eigenvalue weighted by atomic mass is 10.0. The van der Waals surface area contributed by atoms with Gasteiger partial charge in [0.2, 0.25) is 5.91 Å². The smallest absolute Gasteiger partial charge is 0.270 e. The fraction of sp³-hybridized carbons (Fsp3) is 0.333. The monoisotopic (exact) mass is 500 g/mol. The zero-order valence-corrected chi connectivity index (χ0v) is 20.5. The average molecular weight is 501 g/mol. The van der Waals surface area contributed by atoms with Crippen molar-refractivity contribution in [1.82, 2.24) is 9.80 Å². The zero-order valence-electron chi connectivity index (χ0n) is 18.9. The number of hydrogen-bond donors (Lipinski definition) is 1. The molecule has 10 heteroatoms. The van der Waals surface area contributed by atoms with Gasteiger partial charge in [-0.2, -0.15) is 0 Å². The molecule has 2 amide bonds. The first-order valence-electron chi connectivity index (χ1n) is 11.0. The van der Waals surface area contributed by atoms with Crippen molar-refractivity contribution in [2.24, 2.45) is 0 Å². The Balaban J connectivity index is 1.33. The number of nitrogens with zero attached hydrogens (tertiary/aromatic N) is 3. The highest BCUT2D eigenvalue weighted by atomic mass is 35.5. The lowest BCUT2D eigenvalue weighted by Gasteiger charge is -2.34. The van der Waals surface area contributed by atoms with Crippen LogP contribution < -0.4 is 5.32 Å². The van der Waals surface area contributed by atoms with Crippen LogP contribution in [0.25, 0.3) is 10.1 Å². The van der Waals surface area contributed by atoms with E-state index in [2.05, 4.69) is 19.2 Å². The van der Waals surface area contributed by atoms with Crippen molar-refractivity contribution in [3.8, 4) is 0 Å². The molecule has 0 saturated carbocycles. The largest absolute Gasteiger partial charge is 0.335 e. The average Bonchev–Trinajstić information content (AvgIpc) is 3.15. The van der Waals surface area contributed by atoms with Crippen molar-refractivity contribution in [3.05, 3.63) is 68.0 Å². The van der Waals surface area contributed by atoms with E-state index in [1.807, 2.05) is 29.2 Å². The second kappa shape index (κ2) is 10.1. The number of hydrogen-bond acceptors (Lipinski definition) is 6. The van der Waals surface area contributed by atoms with Gasteiger partial charge in [0.15, 0.2) is 0 Å². The first-order chi connectivity index (χ1) is 16.2. The molecule has 0 aliphatic carbocycles. The van der Waals surface area contributed by atoms with E-state index in [4.69, 9.17) is 11.6 Å². The number of amides is 2. The fourth-order valence-electron chi connectivity index (χ4n) is 3.91. The normalized spacial score (nSPS) is 14.5. The molecular formula is C24H25ClN4O4S. The third-order valence-electron chi connectivity index (χ3n) is 5.91. The number of thiophene rings is 1. The molecule has 0 spiro atoms. The maximum absolute atomic E-state index is 13.1. The Kier molecular flexibility index (Phi) is 7.16. The van der Waals surface area contributed by atoms with E-state index in [1.165, 1.54) is 29.0 Å². The Hall–Kier alpha value is -3.01. The molecule has 8 nitrogen and oxygen atoms in total. The van der Waals surface area contributed by atoms with Crippen LogP contribution in [0.4, 0.5) is 11.4 Å². The number of anilines is 1. The number of fused-ring (bicyclic) bond motifs is 1. The van der Waals surface area contributed by atoms with Crippen LogP contribution in [-0.4, -0.2) is 59.3 Å². The summed E-state index contributed by atoms with van der Waals surface area (Å²) in [5.74, 6) is 0.152. The van der Waals surface area contributed by atoms with Crippen molar-refractivity contribution in [2.45, 2.75) is 19.8 Å². The first-order valence-corrected chi connectivity index (χ1v) is 12.2. The van der Waals surface area contributed by atoms with Gasteiger partial charge in [0.1, 0.15) is 4.88 Å². The van der Waals surface area contributed by atoms with Gasteiger partial charge in [-0.15, -0.1) is 11.3 Å². The van der Waals surface area contributed by atoms with Gasteiger partial charge in [-0.1, -0.05) is 37.6 Å². The van der Waals surface area contributed by atoms with Gasteiger partial charge in [0, 0.05) is 54.1 Å². The van der Waals surface area contributed by atoms with Crippen LogP contribution >= 0.6 is 22.9 Å². The van der Waals surface area contributed by atoms with Crippen LogP contribution in [0.3, 0.4) is 0 Å². The number of nitro groups is 1. The second-order valence-corrected chi connectivity index (χ2v) is 10.0. The molecule has 1 aromatic heterocycles. The van der Waals surface area contributed by atoms with E-state index in [9.17, 15) is 19.7 Å². The summed E-state index contributed by atoms with van der Waals surface area (Å²) >= 11 is 7.60. The van der Waals surface area contributed by atoms with Crippen molar-refractivity contribution in [3.63, 3.8) is 0 Å². The summed E-state index contributed by atoms with van der Waals surface area (Å²) in [6.07, 6.45) is 0. The summed E-state index contributed by atoms with van der Waals surface area (Å²) in [5, 5.41) is 14.9. The maximum atomic E-state index is 13.1. The number of rotatable bonds is 6. The summed E-state index contributed by atoms with van der Waals surface area (Å²) in [4.78, 5) is 40.2. The van der Waals surface area contributed by atoms with Crippen LogP contribution in [-0.2, 0) is 4.79 Å². The Morgan fingerprint density at radius 3 is 2.41 bits per heavy atom. The maximum Gasteiger partial charge on any atom is 0.270 e. The summed E-state index contributed by atoms with van der Waals surface area (Å²) in [7, 11) is 0. The van der Waals surface area contributed by atoms with Gasteiger partial charge < -0.3 is 10.2 Å². The van der Waals surface area contributed by atoms with Gasteiger partial charge in [-0.3, -0.25) is 24.6 Å². The van der Waals surface area contributed by atoms with Crippen LogP contribution in [0.2, 0.25) is 5.02 Å². The fourth-order valence-corrected chi connectivity index (χ4v) is 5.43. The minimum absolute atomic E-state index is 0.0350. The topological polar surface area (TPSA) is 95.8 Å². The Bertz CT molecular complexity index is 1230. The number of benzene rings is 2. The number of nitro benzene ring substituents is 1. The number of piperazine rings is 1. The molecule has 3 aromatic rings. The van der Waals surface area contributed by atoms with E-state index in [0.29, 0.717) is 52.1 Å². The molecule has 1 N–H and O–H groups in total. The van der Waals surface area contributed by atoms with Gasteiger partial charge in [-0.25, -0.2) is 0 Å². The molecule has 1 aliphatic rings. The molecule has 0 bridgehead atoms. The molecule has 178 valence electrons. The Morgan fingerprint density at radius 1 is 1.12 bits per heavy atom. The minimum Gasteiger partial charge on any atom is -0.335 e. The predicted octanol–water partition coefficient (Wildman–Crippen LogP) is 4.98. The van der Waals surface area contributed by atoms with Crippen LogP contribution in [0, 0.1) is 10.1 Å². The highest BCUT2D eigenvalue weighted by Crippen LogP contribution is 2.38. The van der Waals surface area contributed by atoms with Crippen molar-refractivity contribution in [2.75, 3.05) is 38.0 Å². The van der Waals surface area contributed by atoms with Gasteiger partial charge in [0.25, 0.3) is 11.6 Å². The lowest BCUT2D eigenvalue weighted by molar-refractivity contribution is -0.384. The highest BCUT2D eigenvalue weighted by Gasteiger charge is 2.27. The van der Waals surface area contributed by atoms with E-state index >= 15 is 0 Å². The van der Waals surface area contributed by atoms with E-state index in [-0.39, 0.29) is 24.0 Å². The molecule has 2 heterocycles. The summed E-state index contributed by atoms with van der Waals surface area (Å²) < 4.78 is 0.610. The number of non-ortho nitro benzene ring substituents is 1. The third kappa shape index (κ3) is 5.22. The van der Waals surface area contributed by atoms with Gasteiger partial charge in [0.05, 0.1) is 16.5 Å². The second-order valence-electron chi connectivity index (χ2n) is 8.58. The summed E-state index contributed by atoms with van der Waals surface area (Å²) in [6, 6.07) is 12.3. The molecule has 1 aliphatic heterocycles. The van der Waals surface area contributed by atoms with Gasteiger partial charge >= 0.3 is 0 Å². The first kappa shape index (κ1) is 24.1. The molecule has 0 unspecified atom stereocenters. The third-order valence-corrected chi connectivity index (χ3v) is 7.55. The molecule has 0 atom stereocenters. The number of nitrogens with one attached hydrogen (secondary N) is 1. The van der Waals surface area contributed by atoms with E-state index in [0.717, 1.165) is 5.69 Å². The standard InChI is InChI=1S/C24H25ClN4O4S/c1-15(2)16-3-5-17(6-4-16)26-21(30)14-27-9-11-28(12-10-27)24(31)23-22(25)19-8-7-18(29(32)33)13-20(19)34-23/h3-8,13,15H,9-12,14H2,1-2H3,(H,26,30).